The van der Waals surface area contributed by atoms with Gasteiger partial charge in [0.25, 0.3) is 11.5 Å². The maximum absolute atomic E-state index is 13.0. The Morgan fingerprint density at radius 1 is 0.967 bits per heavy atom. The number of hydrogen-bond acceptors (Lipinski definition) is 6. The van der Waals surface area contributed by atoms with E-state index in [4.69, 9.17) is 0 Å². The number of benzene rings is 2. The lowest BCUT2D eigenvalue weighted by atomic mass is 9.94. The molecule has 148 valence electrons. The van der Waals surface area contributed by atoms with Crippen molar-refractivity contribution in [3.8, 4) is 0 Å². The van der Waals surface area contributed by atoms with Crippen LogP contribution in [-0.2, 0) is 9.59 Å². The normalized spacial score (nSPS) is 17.9. The quantitative estimate of drug-likeness (QED) is 0.235. The minimum atomic E-state index is -1.21. The minimum Gasteiger partial charge on any atom is -0.507 e. The molecule has 1 N–H and O–H groups in total. The smallest absolute Gasteiger partial charge is 0.301 e. The van der Waals surface area contributed by atoms with E-state index in [1.165, 1.54) is 30.5 Å². The molecule has 1 aromatic heterocycles. The predicted molar refractivity (Wildman–Crippen MR) is 109 cm³/mol. The van der Waals surface area contributed by atoms with Gasteiger partial charge in [-0.05, 0) is 18.2 Å². The zero-order valence-corrected chi connectivity index (χ0v) is 15.5. The summed E-state index contributed by atoms with van der Waals surface area (Å²) in [5, 5.41) is 22.6. The van der Waals surface area contributed by atoms with Crippen molar-refractivity contribution in [3.63, 3.8) is 0 Å². The van der Waals surface area contributed by atoms with Crippen LogP contribution in [0.1, 0.15) is 17.2 Å². The van der Waals surface area contributed by atoms with E-state index in [1.54, 1.807) is 48.5 Å². The largest absolute Gasteiger partial charge is 0.507 e. The van der Waals surface area contributed by atoms with Crippen molar-refractivity contribution < 1.29 is 19.6 Å². The summed E-state index contributed by atoms with van der Waals surface area (Å²) in [5.74, 6) is -2.12. The number of aliphatic hydroxyl groups excluding tert-OH is 1. The number of rotatable bonds is 4. The number of nitro groups is 1. The first-order valence-corrected chi connectivity index (χ1v) is 9.01. The van der Waals surface area contributed by atoms with Gasteiger partial charge in [0, 0.05) is 17.8 Å². The molecule has 30 heavy (non-hydrogen) atoms. The molecule has 1 saturated heterocycles. The van der Waals surface area contributed by atoms with E-state index >= 15 is 0 Å². The van der Waals surface area contributed by atoms with E-state index in [0.29, 0.717) is 5.56 Å². The molecule has 1 aliphatic rings. The summed E-state index contributed by atoms with van der Waals surface area (Å²) in [4.78, 5) is 42.2. The van der Waals surface area contributed by atoms with Crippen molar-refractivity contribution in [2.45, 2.75) is 6.04 Å². The number of aliphatic hydroxyl groups is 1. The second-order valence-electron chi connectivity index (χ2n) is 6.54. The van der Waals surface area contributed by atoms with Gasteiger partial charge in [-0.3, -0.25) is 24.6 Å². The van der Waals surface area contributed by atoms with Crippen LogP contribution in [0.5, 0.6) is 0 Å². The van der Waals surface area contributed by atoms with Crippen LogP contribution in [-0.4, -0.2) is 26.7 Å². The van der Waals surface area contributed by atoms with Gasteiger partial charge in [-0.25, -0.2) is 4.98 Å². The Bertz CT molecular complexity index is 1180. The Labute approximate surface area is 170 Å². The van der Waals surface area contributed by atoms with Gasteiger partial charge < -0.3 is 5.11 Å². The minimum absolute atomic E-state index is 0.102. The van der Waals surface area contributed by atoms with Gasteiger partial charge in [0.2, 0.25) is 0 Å². The van der Waals surface area contributed by atoms with Gasteiger partial charge in [0.05, 0.1) is 16.1 Å². The predicted octanol–water partition coefficient (Wildman–Crippen LogP) is 3.62. The first-order chi connectivity index (χ1) is 14.5. The van der Waals surface area contributed by atoms with Crippen molar-refractivity contribution in [2.24, 2.45) is 0 Å². The summed E-state index contributed by atoms with van der Waals surface area (Å²) in [6.45, 7) is 0. The third-order valence-corrected chi connectivity index (χ3v) is 4.82. The number of Topliss-reactive ketones (excluding diaryl/α,β-unsaturated/α-hetero) is 1. The van der Waals surface area contributed by atoms with E-state index in [1.807, 2.05) is 0 Å². The van der Waals surface area contributed by atoms with Crippen molar-refractivity contribution in [1.82, 2.24) is 4.98 Å². The van der Waals surface area contributed by atoms with E-state index < -0.39 is 28.4 Å². The molecule has 0 unspecified atom stereocenters. The van der Waals surface area contributed by atoms with Gasteiger partial charge in [-0.15, -0.1) is 0 Å². The molecule has 1 aliphatic heterocycles. The lowest BCUT2D eigenvalue weighted by Crippen LogP contribution is -2.30. The van der Waals surface area contributed by atoms with Gasteiger partial charge in [-0.2, -0.15) is 0 Å². The number of nitrogens with zero attached hydrogens (tertiary/aromatic N) is 3. The maximum atomic E-state index is 13.0. The molecule has 1 atom stereocenters. The molecule has 2 heterocycles. The van der Waals surface area contributed by atoms with E-state index in [2.05, 4.69) is 4.98 Å². The Hall–Kier alpha value is -4.33. The Morgan fingerprint density at radius 2 is 1.63 bits per heavy atom. The molecule has 0 bridgehead atoms. The molecule has 2 aromatic carbocycles. The highest BCUT2D eigenvalue weighted by molar-refractivity contribution is 6.51. The Morgan fingerprint density at radius 3 is 2.30 bits per heavy atom. The van der Waals surface area contributed by atoms with Crippen LogP contribution in [0, 0.1) is 10.1 Å². The number of carbonyl (C=O) groups is 2. The monoisotopic (exact) mass is 401 g/mol. The number of anilines is 1. The molecule has 3 aromatic rings. The fraction of sp³-hybridized carbons (Fsp3) is 0.0455. The second-order valence-corrected chi connectivity index (χ2v) is 6.54. The van der Waals surface area contributed by atoms with E-state index in [9.17, 15) is 24.8 Å². The van der Waals surface area contributed by atoms with Crippen LogP contribution >= 0.6 is 0 Å². The highest BCUT2D eigenvalue weighted by Crippen LogP contribution is 2.44. The van der Waals surface area contributed by atoms with Crippen molar-refractivity contribution in [1.29, 1.82) is 0 Å². The van der Waals surface area contributed by atoms with Gasteiger partial charge in [-0.1, -0.05) is 48.5 Å². The average molecular weight is 401 g/mol. The summed E-state index contributed by atoms with van der Waals surface area (Å²) >= 11 is 0. The van der Waals surface area contributed by atoms with Crippen LogP contribution < -0.4 is 4.90 Å². The summed E-state index contributed by atoms with van der Waals surface area (Å²) in [5.41, 5.74) is -0.0830. The molecule has 0 saturated carbocycles. The van der Waals surface area contributed by atoms with Gasteiger partial charge in [0.15, 0.2) is 0 Å². The van der Waals surface area contributed by atoms with Crippen LogP contribution in [0.2, 0.25) is 0 Å². The standard InChI is InChI=1S/C22H15N3O5/c26-20(14-8-2-1-3-9-14)18-19(15-10-4-5-11-16(15)25(29)30)24(22(28)21(18)27)17-12-6-7-13-23-17/h1-13,19,26H/b20-18+/t19-/m0/s1. The topological polar surface area (TPSA) is 114 Å². The van der Waals surface area contributed by atoms with Crippen LogP contribution in [0.4, 0.5) is 11.5 Å². The number of carbonyl (C=O) groups excluding carboxylic acids is 2. The molecule has 0 aliphatic carbocycles. The number of hydrogen-bond donors (Lipinski definition) is 1. The number of para-hydroxylation sites is 1. The molecule has 0 spiro atoms. The third-order valence-electron chi connectivity index (χ3n) is 4.82. The molecule has 1 amide bonds. The highest BCUT2D eigenvalue weighted by atomic mass is 16.6. The molecule has 8 heteroatoms. The fourth-order valence-corrected chi connectivity index (χ4v) is 3.50. The number of ketones is 1. The first-order valence-electron chi connectivity index (χ1n) is 9.01. The molecule has 4 rings (SSSR count). The lowest BCUT2D eigenvalue weighted by molar-refractivity contribution is -0.385. The maximum Gasteiger partial charge on any atom is 0.301 e. The van der Waals surface area contributed by atoms with Crippen LogP contribution in [0.15, 0.2) is 84.6 Å². The zero-order chi connectivity index (χ0) is 21.3. The molecular formula is C22H15N3O5. The lowest BCUT2D eigenvalue weighted by Gasteiger charge is -2.24. The van der Waals surface area contributed by atoms with E-state index in [0.717, 1.165) is 4.90 Å². The number of amides is 1. The third kappa shape index (κ3) is 3.10. The van der Waals surface area contributed by atoms with Crippen molar-refractivity contribution in [3.05, 3.63) is 106 Å². The number of pyridine rings is 1. The van der Waals surface area contributed by atoms with Crippen molar-refractivity contribution in [2.75, 3.05) is 4.90 Å². The fourth-order valence-electron chi connectivity index (χ4n) is 3.50. The first kappa shape index (κ1) is 19.0. The molecule has 1 fully saturated rings. The second kappa shape index (κ2) is 7.59. The summed E-state index contributed by atoms with van der Waals surface area (Å²) in [6.07, 6.45) is 1.45. The molecular weight excluding hydrogens is 386 g/mol. The Kier molecular flexibility index (Phi) is 4.81. The number of aromatic nitrogens is 1. The van der Waals surface area contributed by atoms with Crippen molar-refractivity contribution >= 4 is 29.0 Å². The summed E-state index contributed by atoms with van der Waals surface area (Å²) in [6, 6.07) is 17.7. The summed E-state index contributed by atoms with van der Waals surface area (Å²) < 4.78 is 0. The van der Waals surface area contributed by atoms with Gasteiger partial charge in [0.1, 0.15) is 17.6 Å². The highest BCUT2D eigenvalue weighted by Gasteiger charge is 2.49. The van der Waals surface area contributed by atoms with Crippen LogP contribution in [0.25, 0.3) is 5.76 Å². The molecule has 8 nitrogen and oxygen atoms in total. The van der Waals surface area contributed by atoms with E-state index in [-0.39, 0.29) is 22.6 Å². The molecule has 0 radical (unpaired) electrons. The van der Waals surface area contributed by atoms with Crippen LogP contribution in [0.3, 0.4) is 0 Å². The zero-order valence-electron chi connectivity index (χ0n) is 15.5. The number of nitro benzene ring substituents is 1. The Balaban J connectivity index is 2.02. The summed E-state index contributed by atoms with van der Waals surface area (Å²) in [7, 11) is 0. The SMILES string of the molecule is O=C1C(=O)N(c2ccccn2)[C@@H](c2ccccc2[N+](=O)[O-])/C1=C(\O)c1ccccc1. The van der Waals surface area contributed by atoms with Gasteiger partial charge >= 0.3 is 5.91 Å². The average Bonchev–Trinajstić information content (AvgIpc) is 3.05.